The van der Waals surface area contributed by atoms with Crippen molar-refractivity contribution < 1.29 is 0 Å². The largest absolute Gasteiger partial charge is 0.265 e. The van der Waals surface area contributed by atoms with E-state index in [1.165, 1.54) is 0 Å². The number of thiazole rings is 1. The lowest BCUT2D eigenvalue weighted by Gasteiger charge is -1.94. The van der Waals surface area contributed by atoms with Crippen LogP contribution in [0.2, 0.25) is 0 Å². The van der Waals surface area contributed by atoms with Gasteiger partial charge in [-0.3, -0.25) is 15.0 Å². The molecule has 0 aliphatic heterocycles. The minimum atomic E-state index is 0.804. The van der Waals surface area contributed by atoms with E-state index < -0.39 is 0 Å². The molecule has 82 valence electrons. The van der Waals surface area contributed by atoms with Crippen molar-refractivity contribution in [2.45, 2.75) is 0 Å². The summed E-state index contributed by atoms with van der Waals surface area (Å²) in [5.41, 5.74) is 2.81. The van der Waals surface area contributed by atoms with Gasteiger partial charge in [-0.2, -0.15) is 0 Å². The summed E-state index contributed by atoms with van der Waals surface area (Å²) in [5.74, 6) is 0. The molecule has 0 saturated carbocycles. The molecule has 0 atom stereocenters. The molecule has 0 N–H and O–H groups in total. The van der Waals surface area contributed by atoms with Gasteiger partial charge in [0.25, 0.3) is 0 Å². The lowest BCUT2D eigenvalue weighted by Crippen LogP contribution is -1.83. The van der Waals surface area contributed by atoms with E-state index in [1.54, 1.807) is 42.3 Å². The average Bonchev–Trinajstić information content (AvgIpc) is 2.90. The Labute approximate surface area is 102 Å². The third-order valence-corrected chi connectivity index (χ3v) is 3.13. The molecule has 3 rings (SSSR count). The molecule has 17 heavy (non-hydrogen) atoms. The summed E-state index contributed by atoms with van der Waals surface area (Å²) >= 11 is 1.56. The predicted octanol–water partition coefficient (Wildman–Crippen LogP) is 2.66. The molecule has 0 aliphatic carbocycles. The molecule has 0 aromatic carbocycles. The fraction of sp³-hybridized carbons (Fsp3) is 0. The first-order valence-corrected chi connectivity index (χ1v) is 5.94. The number of hydrogen-bond acceptors (Lipinski definition) is 5. The third-order valence-electron chi connectivity index (χ3n) is 2.26. The molecular formula is C12H8N4S. The Bertz CT molecular complexity index is 553. The van der Waals surface area contributed by atoms with Gasteiger partial charge in [-0.1, -0.05) is 0 Å². The van der Waals surface area contributed by atoms with Crippen molar-refractivity contribution in [3.8, 4) is 22.0 Å². The molecular weight excluding hydrogens is 232 g/mol. The van der Waals surface area contributed by atoms with Crippen LogP contribution in [0, 0.1) is 0 Å². The van der Waals surface area contributed by atoms with Gasteiger partial charge in [0.05, 0.1) is 11.9 Å². The van der Waals surface area contributed by atoms with Crippen LogP contribution in [0.3, 0.4) is 0 Å². The van der Waals surface area contributed by atoms with Gasteiger partial charge >= 0.3 is 0 Å². The van der Waals surface area contributed by atoms with Gasteiger partial charge in [0, 0.05) is 35.7 Å². The van der Waals surface area contributed by atoms with Gasteiger partial charge in [-0.15, -0.1) is 11.3 Å². The molecule has 3 aromatic heterocycles. The van der Waals surface area contributed by atoms with Gasteiger partial charge in [0.15, 0.2) is 0 Å². The Morgan fingerprint density at radius 2 is 1.76 bits per heavy atom. The monoisotopic (exact) mass is 240 g/mol. The maximum Gasteiger partial charge on any atom is 0.144 e. The van der Waals surface area contributed by atoms with Gasteiger partial charge in [0.2, 0.25) is 0 Å². The fourth-order valence-corrected chi connectivity index (χ4v) is 2.25. The first kappa shape index (κ1) is 10.0. The zero-order chi connectivity index (χ0) is 11.5. The van der Waals surface area contributed by atoms with Crippen molar-refractivity contribution in [2.24, 2.45) is 0 Å². The van der Waals surface area contributed by atoms with Crippen LogP contribution in [0.1, 0.15) is 0 Å². The van der Waals surface area contributed by atoms with Crippen LogP contribution in [0.15, 0.2) is 48.5 Å². The third kappa shape index (κ3) is 2.05. The molecule has 3 heterocycles. The second-order valence-corrected chi connectivity index (χ2v) is 4.22. The Balaban J connectivity index is 1.99. The van der Waals surface area contributed by atoms with Crippen molar-refractivity contribution in [2.75, 3.05) is 0 Å². The van der Waals surface area contributed by atoms with E-state index >= 15 is 0 Å². The summed E-state index contributed by atoms with van der Waals surface area (Å²) in [6, 6.07) is 3.88. The first-order chi connectivity index (χ1) is 8.43. The van der Waals surface area contributed by atoms with E-state index in [1.807, 2.05) is 17.5 Å². The normalized spacial score (nSPS) is 10.4. The standard InChI is InChI=1S/C12H8N4S/c1-3-13-4-2-9(1)11-8-17-12(16-11)10-7-14-5-6-15-10/h1-8H. The Morgan fingerprint density at radius 1 is 0.882 bits per heavy atom. The fourth-order valence-electron chi connectivity index (χ4n) is 1.46. The van der Waals surface area contributed by atoms with Crippen molar-refractivity contribution in [3.63, 3.8) is 0 Å². The van der Waals surface area contributed by atoms with E-state index in [4.69, 9.17) is 0 Å². The van der Waals surface area contributed by atoms with Gasteiger partial charge < -0.3 is 0 Å². The average molecular weight is 240 g/mol. The lowest BCUT2D eigenvalue weighted by molar-refractivity contribution is 1.19. The zero-order valence-electron chi connectivity index (χ0n) is 8.82. The van der Waals surface area contributed by atoms with Crippen LogP contribution in [0.4, 0.5) is 0 Å². The quantitative estimate of drug-likeness (QED) is 0.691. The summed E-state index contributed by atoms with van der Waals surface area (Å²) in [5, 5.41) is 2.89. The highest BCUT2D eigenvalue weighted by Crippen LogP contribution is 2.26. The van der Waals surface area contributed by atoms with Crippen molar-refractivity contribution in [1.29, 1.82) is 0 Å². The maximum absolute atomic E-state index is 4.54. The van der Waals surface area contributed by atoms with Crippen LogP contribution in [0.25, 0.3) is 22.0 Å². The molecule has 0 saturated heterocycles. The lowest BCUT2D eigenvalue weighted by atomic mass is 10.2. The second kappa shape index (κ2) is 4.39. The highest BCUT2D eigenvalue weighted by molar-refractivity contribution is 7.13. The van der Waals surface area contributed by atoms with Gasteiger partial charge in [0.1, 0.15) is 10.7 Å². The predicted molar refractivity (Wildman–Crippen MR) is 66.4 cm³/mol. The van der Waals surface area contributed by atoms with Gasteiger partial charge in [-0.25, -0.2) is 4.98 Å². The number of hydrogen-bond donors (Lipinski definition) is 0. The molecule has 5 heteroatoms. The smallest absolute Gasteiger partial charge is 0.144 e. The van der Waals surface area contributed by atoms with E-state index in [2.05, 4.69) is 19.9 Å². The topological polar surface area (TPSA) is 51.6 Å². The number of rotatable bonds is 2. The van der Waals surface area contributed by atoms with E-state index in [0.29, 0.717) is 0 Å². The van der Waals surface area contributed by atoms with Crippen LogP contribution >= 0.6 is 11.3 Å². The highest BCUT2D eigenvalue weighted by atomic mass is 32.1. The summed E-state index contributed by atoms with van der Waals surface area (Å²) < 4.78 is 0. The van der Waals surface area contributed by atoms with E-state index in [-0.39, 0.29) is 0 Å². The van der Waals surface area contributed by atoms with Crippen LogP contribution in [-0.4, -0.2) is 19.9 Å². The number of pyridine rings is 1. The summed E-state index contributed by atoms with van der Waals surface area (Å²) in [7, 11) is 0. The van der Waals surface area contributed by atoms with Crippen LogP contribution in [-0.2, 0) is 0 Å². The Hall–Kier alpha value is -2.14. The molecule has 0 aliphatic rings. The summed E-state index contributed by atoms with van der Waals surface area (Å²) in [4.78, 5) is 16.8. The zero-order valence-corrected chi connectivity index (χ0v) is 9.63. The molecule has 0 radical (unpaired) electrons. The van der Waals surface area contributed by atoms with Crippen LogP contribution in [0.5, 0.6) is 0 Å². The van der Waals surface area contributed by atoms with Gasteiger partial charge in [-0.05, 0) is 12.1 Å². The van der Waals surface area contributed by atoms with E-state index in [0.717, 1.165) is 22.0 Å². The SMILES string of the molecule is c1cc(-c2csc(-c3cnccn3)n2)ccn1. The van der Waals surface area contributed by atoms with E-state index in [9.17, 15) is 0 Å². The highest BCUT2D eigenvalue weighted by Gasteiger charge is 2.06. The maximum atomic E-state index is 4.54. The molecule has 4 nitrogen and oxygen atoms in total. The summed E-state index contributed by atoms with van der Waals surface area (Å²) in [6.45, 7) is 0. The first-order valence-electron chi connectivity index (χ1n) is 5.06. The molecule has 0 spiro atoms. The van der Waals surface area contributed by atoms with Crippen molar-refractivity contribution >= 4 is 11.3 Å². The molecule has 3 aromatic rings. The minimum absolute atomic E-state index is 0.804. The molecule has 0 bridgehead atoms. The Kier molecular flexibility index (Phi) is 2.59. The molecule has 0 amide bonds. The van der Waals surface area contributed by atoms with Crippen molar-refractivity contribution in [1.82, 2.24) is 19.9 Å². The van der Waals surface area contributed by atoms with Crippen molar-refractivity contribution in [3.05, 3.63) is 48.5 Å². The molecule has 0 fully saturated rings. The van der Waals surface area contributed by atoms with Crippen LogP contribution < -0.4 is 0 Å². The molecule has 0 unspecified atom stereocenters. The number of aromatic nitrogens is 4. The Morgan fingerprint density at radius 3 is 2.53 bits per heavy atom. The second-order valence-electron chi connectivity index (χ2n) is 3.36. The minimum Gasteiger partial charge on any atom is -0.265 e. The summed E-state index contributed by atoms with van der Waals surface area (Å²) in [6.07, 6.45) is 8.56. The number of nitrogens with zero attached hydrogens (tertiary/aromatic N) is 4.